The van der Waals surface area contributed by atoms with Crippen LogP contribution in [0.2, 0.25) is 0 Å². The Labute approximate surface area is 115 Å². The lowest BCUT2D eigenvalue weighted by atomic mass is 10.0. The SMILES string of the molecule is O=[P+](O)O.O=[P+](O)O.c1ccc2c(c1)=c1ccccc1=2. The second-order valence-electron chi connectivity index (χ2n) is 3.60. The molecule has 20 heavy (non-hydrogen) atoms. The number of fused-ring (bicyclic) bond motifs is 2. The molecule has 8 heteroatoms. The van der Waals surface area contributed by atoms with Gasteiger partial charge in [0, 0.05) is 9.13 Å². The Balaban J connectivity index is 0.000000212. The third-order valence-corrected chi connectivity index (χ3v) is 2.43. The molecule has 0 radical (unpaired) electrons. The minimum Gasteiger partial charge on any atom is -0.134 e. The number of benzene rings is 2. The summed E-state index contributed by atoms with van der Waals surface area (Å²) in [6, 6.07) is 17.1. The highest BCUT2D eigenvalue weighted by atomic mass is 31.1. The highest BCUT2D eigenvalue weighted by Gasteiger charge is 1.98. The van der Waals surface area contributed by atoms with Gasteiger partial charge in [-0.2, -0.15) is 0 Å². The van der Waals surface area contributed by atoms with Gasteiger partial charge >= 0.3 is 16.5 Å². The van der Waals surface area contributed by atoms with E-state index in [4.69, 9.17) is 28.7 Å². The summed E-state index contributed by atoms with van der Waals surface area (Å²) >= 11 is 0. The van der Waals surface area contributed by atoms with Crippen molar-refractivity contribution < 1.29 is 28.7 Å². The van der Waals surface area contributed by atoms with E-state index in [0.29, 0.717) is 0 Å². The van der Waals surface area contributed by atoms with Gasteiger partial charge in [-0.1, -0.05) is 48.5 Å². The van der Waals surface area contributed by atoms with Crippen LogP contribution in [0.4, 0.5) is 0 Å². The van der Waals surface area contributed by atoms with E-state index in [1.807, 2.05) is 0 Å². The summed E-state index contributed by atoms with van der Waals surface area (Å²) in [6.45, 7) is 0. The van der Waals surface area contributed by atoms with Crippen LogP contribution in [0.25, 0.3) is 0 Å². The molecule has 4 N–H and O–H groups in total. The summed E-state index contributed by atoms with van der Waals surface area (Å²) in [4.78, 5) is 28.5. The van der Waals surface area contributed by atoms with Crippen LogP contribution in [0.15, 0.2) is 48.5 Å². The van der Waals surface area contributed by atoms with Crippen LogP contribution in [0.1, 0.15) is 0 Å². The van der Waals surface area contributed by atoms with Crippen molar-refractivity contribution in [3.63, 3.8) is 0 Å². The molecule has 2 aromatic carbocycles. The Kier molecular flexibility index (Phi) is 6.55. The smallest absolute Gasteiger partial charge is 0.134 e. The van der Waals surface area contributed by atoms with Gasteiger partial charge in [-0.05, 0) is 20.9 Å². The monoisotopic (exact) mass is 314 g/mol. The molecular weight excluding hydrogens is 302 g/mol. The zero-order valence-electron chi connectivity index (χ0n) is 10.1. The fraction of sp³-hybridized carbons (Fsp3) is 0. The normalized spacial score (nSPS) is 9.40. The molecule has 0 fully saturated rings. The van der Waals surface area contributed by atoms with Gasteiger partial charge < -0.3 is 0 Å². The van der Waals surface area contributed by atoms with Crippen molar-refractivity contribution in [1.29, 1.82) is 0 Å². The average Bonchev–Trinajstić information content (AvgIpc) is 2.34. The van der Waals surface area contributed by atoms with Crippen molar-refractivity contribution >= 4 is 16.5 Å². The molecule has 6 nitrogen and oxygen atoms in total. The van der Waals surface area contributed by atoms with E-state index in [9.17, 15) is 0 Å². The van der Waals surface area contributed by atoms with Crippen LogP contribution in [0.3, 0.4) is 0 Å². The fourth-order valence-electron chi connectivity index (χ4n) is 1.84. The average molecular weight is 314 g/mol. The van der Waals surface area contributed by atoms with E-state index < -0.39 is 16.5 Å². The van der Waals surface area contributed by atoms with Gasteiger partial charge in [-0.25, -0.2) is 0 Å². The van der Waals surface area contributed by atoms with E-state index >= 15 is 0 Å². The number of hydrogen-bond acceptors (Lipinski definition) is 2. The van der Waals surface area contributed by atoms with E-state index in [-0.39, 0.29) is 0 Å². The Morgan fingerprint density at radius 3 is 0.850 bits per heavy atom. The minimum atomic E-state index is -2.87. The van der Waals surface area contributed by atoms with Gasteiger partial charge in [-0.3, -0.25) is 0 Å². The molecule has 0 saturated heterocycles. The van der Waals surface area contributed by atoms with Crippen LogP contribution in [0, 0.1) is 20.9 Å². The van der Waals surface area contributed by atoms with Gasteiger partial charge in [0.1, 0.15) is 0 Å². The highest BCUT2D eigenvalue weighted by molar-refractivity contribution is 7.31. The van der Waals surface area contributed by atoms with Crippen molar-refractivity contribution in [3.8, 4) is 0 Å². The molecule has 2 aromatic rings. The maximum Gasteiger partial charge on any atom is 0.692 e. The first-order valence-corrected chi connectivity index (χ1v) is 7.65. The molecule has 0 spiro atoms. The van der Waals surface area contributed by atoms with Crippen molar-refractivity contribution in [2.45, 2.75) is 0 Å². The van der Waals surface area contributed by atoms with Gasteiger partial charge in [0.2, 0.25) is 0 Å². The zero-order valence-corrected chi connectivity index (χ0v) is 11.9. The molecule has 0 aliphatic heterocycles. The molecule has 3 rings (SSSR count). The van der Waals surface area contributed by atoms with Crippen LogP contribution in [-0.4, -0.2) is 19.6 Å². The third-order valence-electron chi connectivity index (χ3n) is 2.43. The molecule has 0 atom stereocenters. The molecular formula is C12H12O6P2+2. The van der Waals surface area contributed by atoms with Crippen molar-refractivity contribution in [3.05, 3.63) is 69.4 Å². The van der Waals surface area contributed by atoms with E-state index in [2.05, 4.69) is 48.5 Å². The second kappa shape index (κ2) is 7.92. The molecule has 0 aromatic heterocycles. The maximum absolute atomic E-state index is 8.70. The predicted octanol–water partition coefficient (Wildman–Crippen LogP) is 1.83. The lowest BCUT2D eigenvalue weighted by Crippen LogP contribution is -1.88. The first-order valence-electron chi connectivity index (χ1n) is 5.32. The van der Waals surface area contributed by atoms with Crippen LogP contribution >= 0.6 is 16.5 Å². The number of hydrogen-bond donors (Lipinski definition) is 4. The largest absolute Gasteiger partial charge is 0.692 e. The maximum atomic E-state index is 8.70. The second-order valence-corrected chi connectivity index (χ2v) is 4.61. The quantitative estimate of drug-likeness (QED) is 0.471. The topological polar surface area (TPSA) is 115 Å². The predicted molar refractivity (Wildman–Crippen MR) is 72.3 cm³/mol. The Morgan fingerprint density at radius 2 is 0.700 bits per heavy atom. The summed E-state index contributed by atoms with van der Waals surface area (Å²) in [6.07, 6.45) is 0. The first kappa shape index (κ1) is 16.5. The molecule has 0 unspecified atom stereocenters. The molecule has 0 bridgehead atoms. The fourth-order valence-corrected chi connectivity index (χ4v) is 1.84. The molecule has 0 heterocycles. The molecule has 0 amide bonds. The van der Waals surface area contributed by atoms with Gasteiger partial charge in [0.05, 0.1) is 0 Å². The van der Waals surface area contributed by atoms with Crippen LogP contribution in [0.5, 0.6) is 0 Å². The zero-order chi connectivity index (χ0) is 15.1. The van der Waals surface area contributed by atoms with Gasteiger partial charge in [0.25, 0.3) is 0 Å². The molecule has 104 valence electrons. The van der Waals surface area contributed by atoms with Crippen molar-refractivity contribution in [2.24, 2.45) is 0 Å². The van der Waals surface area contributed by atoms with E-state index in [1.54, 1.807) is 0 Å². The molecule has 1 aliphatic carbocycles. The minimum absolute atomic E-state index is 1.40. The Hall–Kier alpha value is -1.52. The summed E-state index contributed by atoms with van der Waals surface area (Å²) in [5.41, 5.74) is 0. The van der Waals surface area contributed by atoms with E-state index in [1.165, 1.54) is 20.9 Å². The van der Waals surface area contributed by atoms with Gasteiger partial charge in [0.15, 0.2) is 0 Å². The number of rotatable bonds is 0. The summed E-state index contributed by atoms with van der Waals surface area (Å²) < 4.78 is 17.4. The van der Waals surface area contributed by atoms with Crippen molar-refractivity contribution in [1.82, 2.24) is 0 Å². The summed E-state index contributed by atoms with van der Waals surface area (Å²) in [5.74, 6) is 0. The van der Waals surface area contributed by atoms with Crippen LogP contribution in [-0.2, 0) is 9.13 Å². The van der Waals surface area contributed by atoms with Gasteiger partial charge in [-0.15, -0.1) is 19.6 Å². The van der Waals surface area contributed by atoms with Crippen LogP contribution < -0.4 is 0 Å². The first-order chi connectivity index (χ1) is 9.43. The molecule has 1 aliphatic rings. The third kappa shape index (κ3) is 4.87. The highest BCUT2D eigenvalue weighted by Crippen LogP contribution is 2.11. The van der Waals surface area contributed by atoms with E-state index in [0.717, 1.165) is 0 Å². The standard InChI is InChI=1S/C12H8.2HO3P/c1-2-6-10-9(5-1)11-7-3-4-8-12(10)11;2*1-4(2)3/h1-8H;2*(H-,1,2,3)/p+2. The Bertz CT molecular complexity index is 651. The lowest BCUT2D eigenvalue weighted by Gasteiger charge is -2.02. The van der Waals surface area contributed by atoms with Crippen molar-refractivity contribution in [2.75, 3.05) is 0 Å². The Morgan fingerprint density at radius 1 is 0.550 bits per heavy atom. The lowest BCUT2D eigenvalue weighted by molar-refractivity contribution is 0.403. The summed E-state index contributed by atoms with van der Waals surface area (Å²) in [5, 5.41) is 5.59. The summed E-state index contributed by atoms with van der Waals surface area (Å²) in [7, 11) is -5.74. The molecule has 0 saturated carbocycles.